The predicted molar refractivity (Wildman–Crippen MR) is 110 cm³/mol. The fourth-order valence-corrected chi connectivity index (χ4v) is 4.67. The zero-order valence-electron chi connectivity index (χ0n) is 15.8. The van der Waals surface area contributed by atoms with Crippen molar-refractivity contribution in [2.24, 2.45) is 0 Å². The molecule has 1 amide bonds. The quantitative estimate of drug-likeness (QED) is 0.659. The molecule has 1 atom stereocenters. The molecule has 0 bridgehead atoms. The zero-order chi connectivity index (χ0) is 18.8. The van der Waals surface area contributed by atoms with Crippen LogP contribution in [0.25, 0.3) is 10.2 Å². The van der Waals surface area contributed by atoms with Crippen molar-refractivity contribution in [1.82, 2.24) is 9.88 Å². The molecule has 1 aliphatic rings. The van der Waals surface area contributed by atoms with Gasteiger partial charge in [0.05, 0.1) is 15.2 Å². The number of hydrogen-bond acceptors (Lipinski definition) is 4. The average molecular weight is 381 g/mol. The molecule has 4 nitrogen and oxygen atoms in total. The molecule has 1 aromatic heterocycles. The molecule has 27 heavy (non-hydrogen) atoms. The van der Waals surface area contributed by atoms with Gasteiger partial charge < -0.3 is 9.64 Å². The lowest BCUT2D eigenvalue weighted by molar-refractivity contribution is -0.134. The van der Waals surface area contributed by atoms with Gasteiger partial charge in [0, 0.05) is 19.0 Å². The van der Waals surface area contributed by atoms with Crippen molar-refractivity contribution in [2.75, 3.05) is 19.7 Å². The number of benzene rings is 2. The molecule has 140 valence electrons. The van der Waals surface area contributed by atoms with E-state index < -0.39 is 0 Å². The summed E-state index contributed by atoms with van der Waals surface area (Å²) in [7, 11) is 0. The molecule has 4 rings (SSSR count). The van der Waals surface area contributed by atoms with E-state index >= 15 is 0 Å². The van der Waals surface area contributed by atoms with E-state index in [0.29, 0.717) is 5.92 Å². The SMILES string of the molecule is Cc1cccc(OCC(=O)N2CCC[C@H](c3nc4ccccc4s3)C2)c1C. The Balaban J connectivity index is 1.41. The Hall–Kier alpha value is -2.40. The maximum Gasteiger partial charge on any atom is 0.260 e. The highest BCUT2D eigenvalue weighted by Crippen LogP contribution is 2.33. The summed E-state index contributed by atoms with van der Waals surface area (Å²) in [6.45, 7) is 5.71. The molecule has 0 radical (unpaired) electrons. The lowest BCUT2D eigenvalue weighted by atomic mass is 9.99. The van der Waals surface area contributed by atoms with Gasteiger partial charge in [0.25, 0.3) is 5.91 Å². The van der Waals surface area contributed by atoms with Gasteiger partial charge in [-0.05, 0) is 56.0 Å². The van der Waals surface area contributed by atoms with Gasteiger partial charge in [-0.1, -0.05) is 24.3 Å². The lowest BCUT2D eigenvalue weighted by Crippen LogP contribution is -2.41. The number of likely N-dealkylation sites (tertiary alicyclic amines) is 1. The molecular formula is C22H24N2O2S. The number of piperidine rings is 1. The minimum absolute atomic E-state index is 0.0571. The van der Waals surface area contributed by atoms with Crippen molar-refractivity contribution >= 4 is 27.5 Å². The Morgan fingerprint density at radius 2 is 2.07 bits per heavy atom. The van der Waals surface area contributed by atoms with Crippen molar-refractivity contribution in [3.05, 3.63) is 58.6 Å². The zero-order valence-corrected chi connectivity index (χ0v) is 16.6. The van der Waals surface area contributed by atoms with E-state index in [1.807, 2.05) is 36.1 Å². The van der Waals surface area contributed by atoms with Gasteiger partial charge in [0.15, 0.2) is 6.61 Å². The summed E-state index contributed by atoms with van der Waals surface area (Å²) in [5, 5.41) is 1.14. The van der Waals surface area contributed by atoms with Gasteiger partial charge in [0.1, 0.15) is 5.75 Å². The van der Waals surface area contributed by atoms with Crippen LogP contribution in [0.2, 0.25) is 0 Å². The third-order valence-electron chi connectivity index (χ3n) is 5.34. The fourth-order valence-electron chi connectivity index (χ4n) is 3.58. The fraction of sp³-hybridized carbons (Fsp3) is 0.364. The summed E-state index contributed by atoms with van der Waals surface area (Å²) >= 11 is 1.75. The second kappa shape index (κ2) is 7.69. The first-order valence-corrected chi connectivity index (χ1v) is 10.3. The highest BCUT2D eigenvalue weighted by molar-refractivity contribution is 7.18. The topological polar surface area (TPSA) is 42.4 Å². The van der Waals surface area contributed by atoms with Gasteiger partial charge in [-0.15, -0.1) is 11.3 Å². The highest BCUT2D eigenvalue weighted by Gasteiger charge is 2.27. The van der Waals surface area contributed by atoms with Crippen LogP contribution >= 0.6 is 11.3 Å². The standard InChI is InChI=1S/C22H24N2O2S/c1-15-7-5-10-19(16(15)2)26-14-21(25)24-12-6-8-17(13-24)22-23-18-9-3-4-11-20(18)27-22/h3-5,7,9-11,17H,6,8,12-14H2,1-2H3/t17-/m0/s1. The van der Waals surface area contributed by atoms with E-state index in [1.165, 1.54) is 10.3 Å². The summed E-state index contributed by atoms with van der Waals surface area (Å²) in [4.78, 5) is 19.4. The van der Waals surface area contributed by atoms with Crippen LogP contribution < -0.4 is 4.74 Å². The number of nitrogens with zero attached hydrogens (tertiary/aromatic N) is 2. The van der Waals surface area contributed by atoms with Crippen LogP contribution in [0, 0.1) is 13.8 Å². The van der Waals surface area contributed by atoms with Crippen LogP contribution in [-0.2, 0) is 4.79 Å². The number of aryl methyl sites for hydroxylation is 1. The van der Waals surface area contributed by atoms with Crippen LogP contribution in [0.15, 0.2) is 42.5 Å². The highest BCUT2D eigenvalue weighted by atomic mass is 32.1. The Bertz CT molecular complexity index is 933. The molecule has 1 fully saturated rings. The summed E-state index contributed by atoms with van der Waals surface area (Å²) in [6, 6.07) is 14.2. The summed E-state index contributed by atoms with van der Waals surface area (Å²) in [5.41, 5.74) is 3.32. The number of fused-ring (bicyclic) bond motifs is 1. The number of aromatic nitrogens is 1. The number of carbonyl (C=O) groups excluding carboxylic acids is 1. The average Bonchev–Trinajstić information content (AvgIpc) is 3.13. The van der Waals surface area contributed by atoms with E-state index in [0.717, 1.165) is 47.8 Å². The molecular weight excluding hydrogens is 356 g/mol. The molecule has 2 heterocycles. The lowest BCUT2D eigenvalue weighted by Gasteiger charge is -2.31. The van der Waals surface area contributed by atoms with E-state index in [2.05, 4.69) is 25.1 Å². The first-order chi connectivity index (χ1) is 13.1. The largest absolute Gasteiger partial charge is 0.483 e. The van der Waals surface area contributed by atoms with Gasteiger partial charge in [0.2, 0.25) is 0 Å². The molecule has 0 aliphatic carbocycles. The minimum atomic E-state index is 0.0571. The number of carbonyl (C=O) groups is 1. The molecule has 0 N–H and O–H groups in total. The molecule has 1 aliphatic heterocycles. The third-order valence-corrected chi connectivity index (χ3v) is 6.54. The van der Waals surface area contributed by atoms with E-state index in [9.17, 15) is 4.79 Å². The van der Waals surface area contributed by atoms with Crippen LogP contribution in [0.1, 0.15) is 34.9 Å². The smallest absolute Gasteiger partial charge is 0.260 e. The Kier molecular flexibility index (Phi) is 5.12. The molecule has 0 unspecified atom stereocenters. The molecule has 0 saturated carbocycles. The Morgan fingerprint density at radius 1 is 1.22 bits per heavy atom. The Morgan fingerprint density at radius 3 is 2.93 bits per heavy atom. The van der Waals surface area contributed by atoms with E-state index in [1.54, 1.807) is 11.3 Å². The van der Waals surface area contributed by atoms with Crippen molar-refractivity contribution < 1.29 is 9.53 Å². The summed E-state index contributed by atoms with van der Waals surface area (Å²) in [6.07, 6.45) is 2.09. The number of thiazole rings is 1. The summed E-state index contributed by atoms with van der Waals surface area (Å²) in [5.74, 6) is 1.17. The number of hydrogen-bond donors (Lipinski definition) is 0. The molecule has 2 aromatic carbocycles. The second-order valence-electron chi connectivity index (χ2n) is 7.19. The minimum Gasteiger partial charge on any atom is -0.483 e. The number of ether oxygens (including phenoxy) is 1. The van der Waals surface area contributed by atoms with Crippen molar-refractivity contribution in [3.63, 3.8) is 0 Å². The number of rotatable bonds is 4. The monoisotopic (exact) mass is 380 g/mol. The van der Waals surface area contributed by atoms with Crippen LogP contribution in [0.4, 0.5) is 0 Å². The van der Waals surface area contributed by atoms with E-state index in [-0.39, 0.29) is 12.5 Å². The van der Waals surface area contributed by atoms with Crippen LogP contribution in [0.5, 0.6) is 5.75 Å². The van der Waals surface area contributed by atoms with Crippen molar-refractivity contribution in [1.29, 1.82) is 0 Å². The van der Waals surface area contributed by atoms with Crippen molar-refractivity contribution in [3.8, 4) is 5.75 Å². The molecule has 5 heteroatoms. The first-order valence-electron chi connectivity index (χ1n) is 9.44. The van der Waals surface area contributed by atoms with Crippen LogP contribution in [0.3, 0.4) is 0 Å². The van der Waals surface area contributed by atoms with E-state index in [4.69, 9.17) is 9.72 Å². The molecule has 0 spiro atoms. The third kappa shape index (κ3) is 3.83. The number of para-hydroxylation sites is 1. The Labute approximate surface area is 163 Å². The predicted octanol–water partition coefficient (Wildman–Crippen LogP) is 4.70. The van der Waals surface area contributed by atoms with Gasteiger partial charge in [-0.3, -0.25) is 4.79 Å². The maximum absolute atomic E-state index is 12.7. The number of amides is 1. The van der Waals surface area contributed by atoms with Crippen molar-refractivity contribution in [2.45, 2.75) is 32.6 Å². The first kappa shape index (κ1) is 18.0. The van der Waals surface area contributed by atoms with Gasteiger partial charge in [-0.2, -0.15) is 0 Å². The van der Waals surface area contributed by atoms with Gasteiger partial charge >= 0.3 is 0 Å². The maximum atomic E-state index is 12.7. The summed E-state index contributed by atoms with van der Waals surface area (Å²) < 4.78 is 7.03. The van der Waals surface area contributed by atoms with Gasteiger partial charge in [-0.25, -0.2) is 4.98 Å². The normalized spacial score (nSPS) is 17.3. The molecule has 3 aromatic rings. The second-order valence-corrected chi connectivity index (χ2v) is 8.25. The van der Waals surface area contributed by atoms with Crippen LogP contribution in [-0.4, -0.2) is 35.5 Å². The molecule has 1 saturated heterocycles.